The predicted molar refractivity (Wildman–Crippen MR) is 54.4 cm³/mol. The highest BCUT2D eigenvalue weighted by atomic mass is 32.1. The van der Waals surface area contributed by atoms with Crippen LogP contribution in [0.4, 0.5) is 0 Å². The first-order valence-corrected chi connectivity index (χ1v) is 4.57. The van der Waals surface area contributed by atoms with E-state index in [4.69, 9.17) is 12.2 Å². The Labute approximate surface area is 77.8 Å². The van der Waals surface area contributed by atoms with Gasteiger partial charge in [0.05, 0.1) is 0 Å². The first-order chi connectivity index (χ1) is 5.77. The summed E-state index contributed by atoms with van der Waals surface area (Å²) < 4.78 is 0. The van der Waals surface area contributed by atoms with E-state index in [2.05, 4.69) is 30.4 Å². The largest absolute Gasteiger partial charge is 0.373 e. The van der Waals surface area contributed by atoms with Gasteiger partial charge < -0.3 is 5.32 Å². The van der Waals surface area contributed by atoms with E-state index in [1.165, 1.54) is 11.1 Å². The molecular weight excluding hydrogens is 166 g/mol. The molecule has 1 aromatic carbocycles. The van der Waals surface area contributed by atoms with Gasteiger partial charge >= 0.3 is 0 Å². The highest BCUT2D eigenvalue weighted by molar-refractivity contribution is 7.80. The number of thiocarbonyl (C=S) groups is 1. The third kappa shape index (κ3) is 1.23. The van der Waals surface area contributed by atoms with E-state index >= 15 is 0 Å². The summed E-state index contributed by atoms with van der Waals surface area (Å²) in [5.74, 6) is 0. The van der Waals surface area contributed by atoms with Crippen LogP contribution in [0, 0.1) is 0 Å². The Balaban J connectivity index is 2.47. The van der Waals surface area contributed by atoms with Crippen molar-refractivity contribution in [3.63, 3.8) is 0 Å². The lowest BCUT2D eigenvalue weighted by atomic mass is 9.97. The molecule has 0 saturated carbocycles. The Bertz CT molecular complexity index is 319. The van der Waals surface area contributed by atoms with Gasteiger partial charge in [-0.3, -0.25) is 0 Å². The molecule has 62 valence electrons. The van der Waals surface area contributed by atoms with Crippen LogP contribution in [-0.4, -0.2) is 11.0 Å². The van der Waals surface area contributed by atoms with Crippen molar-refractivity contribution >= 4 is 17.2 Å². The molecule has 0 saturated heterocycles. The van der Waals surface area contributed by atoms with Gasteiger partial charge in [0.2, 0.25) is 0 Å². The van der Waals surface area contributed by atoms with Crippen LogP contribution in [0.3, 0.4) is 0 Å². The first-order valence-electron chi connectivity index (χ1n) is 4.16. The van der Waals surface area contributed by atoms with Crippen LogP contribution < -0.4 is 5.32 Å². The quantitative estimate of drug-likeness (QED) is 0.607. The van der Waals surface area contributed by atoms with Gasteiger partial charge in [0, 0.05) is 11.6 Å². The standard InChI is InChI=1S/C10H11NS/c1-7-6-8-4-2-3-5-9(8)10(12)11-7/h2-5,7H,6H2,1H3,(H,11,12)/t7-/m0/s1. The van der Waals surface area contributed by atoms with E-state index in [-0.39, 0.29) is 0 Å². The smallest absolute Gasteiger partial charge is 0.107 e. The van der Waals surface area contributed by atoms with E-state index in [1.54, 1.807) is 0 Å². The average Bonchev–Trinajstić information content (AvgIpc) is 2.04. The summed E-state index contributed by atoms with van der Waals surface area (Å²) in [4.78, 5) is 0.893. The van der Waals surface area contributed by atoms with E-state index < -0.39 is 0 Å². The van der Waals surface area contributed by atoms with Gasteiger partial charge in [0.1, 0.15) is 4.99 Å². The highest BCUT2D eigenvalue weighted by Crippen LogP contribution is 2.16. The van der Waals surface area contributed by atoms with Gasteiger partial charge in [0.25, 0.3) is 0 Å². The number of benzene rings is 1. The molecule has 1 nitrogen and oxygen atoms in total. The van der Waals surface area contributed by atoms with Crippen LogP contribution in [0.2, 0.25) is 0 Å². The Hall–Kier alpha value is -0.890. The maximum Gasteiger partial charge on any atom is 0.107 e. The van der Waals surface area contributed by atoms with Crippen LogP contribution in [0.15, 0.2) is 24.3 Å². The van der Waals surface area contributed by atoms with Crippen molar-refractivity contribution in [3.05, 3.63) is 35.4 Å². The molecule has 0 aromatic heterocycles. The second-order valence-corrected chi connectivity index (χ2v) is 3.64. The Kier molecular flexibility index (Phi) is 1.85. The van der Waals surface area contributed by atoms with Crippen molar-refractivity contribution in [3.8, 4) is 0 Å². The lowest BCUT2D eigenvalue weighted by Crippen LogP contribution is -2.38. The Morgan fingerprint density at radius 2 is 2.17 bits per heavy atom. The molecule has 1 aromatic rings. The van der Waals surface area contributed by atoms with Gasteiger partial charge in [-0.15, -0.1) is 0 Å². The molecule has 1 aliphatic heterocycles. The van der Waals surface area contributed by atoms with Crippen molar-refractivity contribution in [2.75, 3.05) is 0 Å². The van der Waals surface area contributed by atoms with Gasteiger partial charge in [-0.2, -0.15) is 0 Å². The molecule has 0 spiro atoms. The van der Waals surface area contributed by atoms with Crippen molar-refractivity contribution in [2.45, 2.75) is 19.4 Å². The molecule has 12 heavy (non-hydrogen) atoms. The summed E-state index contributed by atoms with van der Waals surface area (Å²) >= 11 is 5.23. The molecule has 1 aliphatic rings. The average molecular weight is 177 g/mol. The fraction of sp³-hybridized carbons (Fsp3) is 0.300. The highest BCUT2D eigenvalue weighted by Gasteiger charge is 2.16. The van der Waals surface area contributed by atoms with Crippen LogP contribution >= 0.6 is 12.2 Å². The number of rotatable bonds is 0. The van der Waals surface area contributed by atoms with Crippen LogP contribution in [0.1, 0.15) is 18.1 Å². The van der Waals surface area contributed by atoms with Crippen molar-refractivity contribution in [1.82, 2.24) is 5.32 Å². The van der Waals surface area contributed by atoms with Crippen LogP contribution in [-0.2, 0) is 6.42 Å². The molecule has 0 radical (unpaired) electrons. The molecule has 0 bridgehead atoms. The minimum absolute atomic E-state index is 0.479. The zero-order valence-electron chi connectivity index (χ0n) is 7.00. The molecule has 2 heteroatoms. The Morgan fingerprint density at radius 1 is 1.42 bits per heavy atom. The lowest BCUT2D eigenvalue weighted by molar-refractivity contribution is 0.649. The van der Waals surface area contributed by atoms with Crippen molar-refractivity contribution in [2.24, 2.45) is 0 Å². The van der Waals surface area contributed by atoms with Crippen LogP contribution in [0.5, 0.6) is 0 Å². The molecule has 0 fully saturated rings. The van der Waals surface area contributed by atoms with Gasteiger partial charge in [-0.25, -0.2) is 0 Å². The van der Waals surface area contributed by atoms with Crippen LogP contribution in [0.25, 0.3) is 0 Å². The predicted octanol–water partition coefficient (Wildman–Crippen LogP) is 1.90. The molecule has 0 aliphatic carbocycles. The zero-order chi connectivity index (χ0) is 8.55. The second kappa shape index (κ2) is 2.87. The minimum Gasteiger partial charge on any atom is -0.373 e. The van der Waals surface area contributed by atoms with E-state index in [1.807, 2.05) is 6.07 Å². The molecule has 2 rings (SSSR count). The van der Waals surface area contributed by atoms with Gasteiger partial charge in [0.15, 0.2) is 0 Å². The summed E-state index contributed by atoms with van der Waals surface area (Å²) in [6.45, 7) is 2.15. The molecule has 1 N–H and O–H groups in total. The molecule has 1 heterocycles. The fourth-order valence-corrected chi connectivity index (χ4v) is 2.00. The summed E-state index contributed by atoms with van der Waals surface area (Å²) in [5.41, 5.74) is 2.57. The lowest BCUT2D eigenvalue weighted by Gasteiger charge is -2.24. The fourth-order valence-electron chi connectivity index (χ4n) is 1.60. The van der Waals surface area contributed by atoms with E-state index in [9.17, 15) is 0 Å². The third-order valence-corrected chi connectivity index (χ3v) is 2.50. The third-order valence-electron chi connectivity index (χ3n) is 2.17. The number of nitrogens with one attached hydrogen (secondary N) is 1. The topological polar surface area (TPSA) is 12.0 Å². The minimum atomic E-state index is 0.479. The van der Waals surface area contributed by atoms with E-state index in [0.717, 1.165) is 11.4 Å². The summed E-state index contributed by atoms with van der Waals surface area (Å²) in [5, 5.41) is 3.27. The number of fused-ring (bicyclic) bond motifs is 1. The van der Waals surface area contributed by atoms with Gasteiger partial charge in [-0.05, 0) is 18.9 Å². The SMILES string of the molecule is C[C@H]1Cc2ccccc2C(=S)N1. The maximum absolute atomic E-state index is 5.23. The first kappa shape index (κ1) is 7.74. The summed E-state index contributed by atoms with van der Waals surface area (Å²) in [6.07, 6.45) is 1.08. The van der Waals surface area contributed by atoms with E-state index in [0.29, 0.717) is 6.04 Å². The molecular formula is C10H11NS. The monoisotopic (exact) mass is 177 g/mol. The molecule has 0 unspecified atom stereocenters. The van der Waals surface area contributed by atoms with Crippen molar-refractivity contribution in [1.29, 1.82) is 0 Å². The maximum atomic E-state index is 5.23. The Morgan fingerprint density at radius 3 is 3.00 bits per heavy atom. The van der Waals surface area contributed by atoms with Crippen molar-refractivity contribution < 1.29 is 0 Å². The second-order valence-electron chi connectivity index (χ2n) is 3.24. The summed E-state index contributed by atoms with van der Waals surface area (Å²) in [6, 6.07) is 8.81. The number of hydrogen-bond donors (Lipinski definition) is 1. The summed E-state index contributed by atoms with van der Waals surface area (Å²) in [7, 11) is 0. The zero-order valence-corrected chi connectivity index (χ0v) is 7.82. The number of hydrogen-bond acceptors (Lipinski definition) is 1. The molecule has 1 atom stereocenters. The normalized spacial score (nSPS) is 21.4. The van der Waals surface area contributed by atoms with Gasteiger partial charge in [-0.1, -0.05) is 36.5 Å². The molecule has 0 amide bonds.